The maximum Gasteiger partial charge on any atom is 0.309 e. The molecule has 5 heteroatoms. The van der Waals surface area contributed by atoms with Crippen LogP contribution in [-0.4, -0.2) is 49.7 Å². The molecular weight excluding hydrogens is 306 g/mol. The van der Waals surface area contributed by atoms with E-state index in [9.17, 15) is 9.59 Å². The zero-order chi connectivity index (χ0) is 17.4. The molecule has 1 saturated heterocycles. The van der Waals surface area contributed by atoms with E-state index in [0.717, 1.165) is 45.1 Å². The Hall–Kier alpha value is -1.36. The van der Waals surface area contributed by atoms with Gasteiger partial charge in [-0.25, -0.2) is 0 Å². The van der Waals surface area contributed by atoms with Crippen LogP contribution in [-0.2, 0) is 19.1 Å². The summed E-state index contributed by atoms with van der Waals surface area (Å²) in [7, 11) is 1.42. The molecule has 1 amide bonds. The first-order valence-electron chi connectivity index (χ1n) is 9.23. The van der Waals surface area contributed by atoms with E-state index >= 15 is 0 Å². The quantitative estimate of drug-likeness (QED) is 0.529. The van der Waals surface area contributed by atoms with Crippen molar-refractivity contribution in [2.75, 3.05) is 26.8 Å². The summed E-state index contributed by atoms with van der Waals surface area (Å²) in [5.41, 5.74) is 0. The molecule has 5 nitrogen and oxygen atoms in total. The van der Waals surface area contributed by atoms with E-state index in [1.165, 1.54) is 13.5 Å². The molecule has 1 heterocycles. The van der Waals surface area contributed by atoms with Crippen LogP contribution < -0.4 is 0 Å². The fraction of sp³-hybridized carbons (Fsp3) is 0.789. The van der Waals surface area contributed by atoms with Crippen LogP contribution in [0.3, 0.4) is 0 Å². The van der Waals surface area contributed by atoms with Gasteiger partial charge >= 0.3 is 5.97 Å². The Morgan fingerprint density at radius 2 is 1.96 bits per heavy atom. The average molecular weight is 337 g/mol. The smallest absolute Gasteiger partial charge is 0.309 e. The van der Waals surface area contributed by atoms with Gasteiger partial charge in [-0.1, -0.05) is 25.3 Å². The van der Waals surface area contributed by atoms with Crippen molar-refractivity contribution in [3.63, 3.8) is 0 Å². The minimum atomic E-state index is -0.294. The highest BCUT2D eigenvalue weighted by molar-refractivity contribution is 5.83. The Morgan fingerprint density at radius 1 is 1.21 bits per heavy atom. The van der Waals surface area contributed by atoms with Gasteiger partial charge in [0, 0.05) is 19.5 Å². The first-order chi connectivity index (χ1) is 11.7. The van der Waals surface area contributed by atoms with E-state index in [0.29, 0.717) is 13.2 Å². The Balaban J connectivity index is 1.93. The normalized spacial score (nSPS) is 23.5. The largest absolute Gasteiger partial charge is 0.469 e. The van der Waals surface area contributed by atoms with Crippen molar-refractivity contribution in [3.05, 3.63) is 12.7 Å². The Bertz CT molecular complexity index is 431. The van der Waals surface area contributed by atoms with Gasteiger partial charge in [0.1, 0.15) is 0 Å². The van der Waals surface area contributed by atoms with E-state index in [4.69, 9.17) is 9.47 Å². The number of carbonyl (C=O) groups is 2. The number of carbonyl (C=O) groups excluding carboxylic acids is 2. The van der Waals surface area contributed by atoms with Crippen LogP contribution in [0.2, 0.25) is 0 Å². The zero-order valence-electron chi connectivity index (χ0n) is 14.9. The molecule has 1 aliphatic heterocycles. The van der Waals surface area contributed by atoms with E-state index < -0.39 is 0 Å². The maximum absolute atomic E-state index is 12.7. The lowest BCUT2D eigenvalue weighted by molar-refractivity contribution is -0.152. The number of piperidine rings is 1. The summed E-state index contributed by atoms with van der Waals surface area (Å²) in [5.74, 6) is -0.181. The third kappa shape index (κ3) is 5.33. The summed E-state index contributed by atoms with van der Waals surface area (Å²) in [6, 6.07) is 0. The second-order valence-electron chi connectivity index (χ2n) is 6.96. The standard InChI is InChI=1S/C19H31NO4/c1-3-12-24-16-10-7-11-20(14-16)18(21)13-17(19(22)23-2)15-8-5-4-6-9-15/h3,15-17H,1,4-14H2,2H3/t16?,17-/m0/s1. The summed E-state index contributed by atoms with van der Waals surface area (Å²) in [6.07, 6.45) is 9.57. The van der Waals surface area contributed by atoms with E-state index in [1.54, 1.807) is 6.08 Å². The van der Waals surface area contributed by atoms with Gasteiger partial charge in [-0.05, 0) is 31.6 Å². The van der Waals surface area contributed by atoms with Gasteiger partial charge in [-0.2, -0.15) is 0 Å². The highest BCUT2D eigenvalue weighted by Gasteiger charge is 2.34. The molecule has 0 aromatic rings. The van der Waals surface area contributed by atoms with Crippen molar-refractivity contribution in [1.82, 2.24) is 4.90 Å². The van der Waals surface area contributed by atoms with Crippen molar-refractivity contribution >= 4 is 11.9 Å². The highest BCUT2D eigenvalue weighted by Crippen LogP contribution is 2.33. The molecule has 0 aromatic carbocycles. The molecule has 0 radical (unpaired) electrons. The monoisotopic (exact) mass is 337 g/mol. The van der Waals surface area contributed by atoms with Crippen LogP contribution in [0.25, 0.3) is 0 Å². The second kappa shape index (κ2) is 9.82. The van der Waals surface area contributed by atoms with Gasteiger partial charge in [0.25, 0.3) is 0 Å². The predicted octanol–water partition coefficient (Wildman–Crippen LogP) is 2.94. The molecule has 0 spiro atoms. The molecule has 2 rings (SSSR count). The van der Waals surface area contributed by atoms with Crippen molar-refractivity contribution in [3.8, 4) is 0 Å². The molecule has 136 valence electrons. The lowest BCUT2D eigenvalue weighted by atomic mass is 9.78. The van der Waals surface area contributed by atoms with Crippen LogP contribution in [0.5, 0.6) is 0 Å². The zero-order valence-corrected chi connectivity index (χ0v) is 14.9. The number of esters is 1. The van der Waals surface area contributed by atoms with Crippen LogP contribution in [0.4, 0.5) is 0 Å². The number of ether oxygens (including phenoxy) is 2. The summed E-state index contributed by atoms with van der Waals surface area (Å²) in [4.78, 5) is 26.8. The number of hydrogen-bond acceptors (Lipinski definition) is 4. The molecule has 0 bridgehead atoms. The van der Waals surface area contributed by atoms with Gasteiger partial charge in [0.15, 0.2) is 0 Å². The number of amides is 1. The maximum atomic E-state index is 12.7. The summed E-state index contributed by atoms with van der Waals surface area (Å²) in [6.45, 7) is 5.55. The predicted molar refractivity (Wildman–Crippen MR) is 92.4 cm³/mol. The second-order valence-corrected chi connectivity index (χ2v) is 6.96. The first-order valence-corrected chi connectivity index (χ1v) is 9.23. The third-order valence-electron chi connectivity index (χ3n) is 5.30. The molecule has 2 fully saturated rings. The van der Waals surface area contributed by atoms with Gasteiger partial charge in [0.2, 0.25) is 5.91 Å². The van der Waals surface area contributed by atoms with E-state index in [2.05, 4.69) is 6.58 Å². The Morgan fingerprint density at radius 3 is 2.62 bits per heavy atom. The van der Waals surface area contributed by atoms with Gasteiger partial charge in [-0.15, -0.1) is 6.58 Å². The fourth-order valence-corrected chi connectivity index (χ4v) is 3.95. The molecule has 0 aromatic heterocycles. The Labute approximate surface area is 145 Å². The first kappa shape index (κ1) is 19.0. The van der Waals surface area contributed by atoms with E-state index in [-0.39, 0.29) is 36.2 Å². The van der Waals surface area contributed by atoms with Crippen molar-refractivity contribution in [2.45, 2.75) is 57.5 Å². The number of likely N-dealkylation sites (tertiary alicyclic amines) is 1. The van der Waals surface area contributed by atoms with E-state index in [1.807, 2.05) is 4.90 Å². The van der Waals surface area contributed by atoms with Gasteiger partial charge in [0.05, 0.1) is 25.7 Å². The van der Waals surface area contributed by atoms with Crippen LogP contribution in [0.15, 0.2) is 12.7 Å². The van der Waals surface area contributed by atoms with Crippen LogP contribution in [0.1, 0.15) is 51.4 Å². The van der Waals surface area contributed by atoms with Gasteiger partial charge in [-0.3, -0.25) is 9.59 Å². The SMILES string of the molecule is C=CCOC1CCCN(C(=O)C[C@H](C(=O)OC)C2CCCCC2)C1. The number of nitrogens with zero attached hydrogens (tertiary/aromatic N) is 1. The van der Waals surface area contributed by atoms with Crippen molar-refractivity contribution in [1.29, 1.82) is 0 Å². The lowest BCUT2D eigenvalue weighted by Gasteiger charge is -2.34. The fourth-order valence-electron chi connectivity index (χ4n) is 3.95. The van der Waals surface area contributed by atoms with Crippen molar-refractivity contribution < 1.29 is 19.1 Å². The number of hydrogen-bond donors (Lipinski definition) is 0. The number of methoxy groups -OCH3 is 1. The van der Waals surface area contributed by atoms with Crippen LogP contribution >= 0.6 is 0 Å². The third-order valence-corrected chi connectivity index (χ3v) is 5.30. The molecule has 2 aliphatic rings. The molecule has 1 unspecified atom stereocenters. The minimum absolute atomic E-state index is 0.0582. The topological polar surface area (TPSA) is 55.8 Å². The van der Waals surface area contributed by atoms with Crippen LogP contribution in [0, 0.1) is 11.8 Å². The average Bonchev–Trinajstić information content (AvgIpc) is 2.64. The molecule has 24 heavy (non-hydrogen) atoms. The molecule has 1 saturated carbocycles. The summed E-state index contributed by atoms with van der Waals surface area (Å²) >= 11 is 0. The summed E-state index contributed by atoms with van der Waals surface area (Å²) in [5, 5.41) is 0. The highest BCUT2D eigenvalue weighted by atomic mass is 16.5. The molecule has 0 N–H and O–H groups in total. The summed E-state index contributed by atoms with van der Waals surface area (Å²) < 4.78 is 10.7. The lowest BCUT2D eigenvalue weighted by Crippen LogP contribution is -2.45. The minimum Gasteiger partial charge on any atom is -0.469 e. The van der Waals surface area contributed by atoms with Gasteiger partial charge < -0.3 is 14.4 Å². The van der Waals surface area contributed by atoms with Crippen molar-refractivity contribution in [2.24, 2.45) is 11.8 Å². The molecular formula is C19H31NO4. The number of rotatable bonds is 7. The Kier molecular flexibility index (Phi) is 7.76. The molecule has 1 aliphatic carbocycles. The molecule has 2 atom stereocenters.